The third-order valence-electron chi connectivity index (χ3n) is 9.92. The van der Waals surface area contributed by atoms with Crippen LogP contribution in [-0.4, -0.2) is 86.7 Å². The largest absolute Gasteiger partial charge is 0.493 e. The van der Waals surface area contributed by atoms with Crippen molar-refractivity contribution in [1.29, 1.82) is 0 Å². The highest BCUT2D eigenvalue weighted by molar-refractivity contribution is 6.18. The second kappa shape index (κ2) is 16.8. The molecule has 2 aromatic carbocycles. The van der Waals surface area contributed by atoms with Crippen LogP contribution >= 0.6 is 0 Å². The van der Waals surface area contributed by atoms with Gasteiger partial charge in [-0.15, -0.1) is 0 Å². The van der Waals surface area contributed by atoms with E-state index in [9.17, 15) is 9.59 Å². The van der Waals surface area contributed by atoms with Gasteiger partial charge >= 0.3 is 0 Å². The zero-order chi connectivity index (χ0) is 37.6. The predicted molar refractivity (Wildman–Crippen MR) is 203 cm³/mol. The van der Waals surface area contributed by atoms with Gasteiger partial charge in [-0.25, -0.2) is 9.37 Å². The standard InChI is InChI=1S/C41H44FN5O7/c1-25-18-44-36(17-37(25)48)29-13-30(22-47(21-29)20-26-7-9-51-10-8-26)41(49)46-31-4-5-33(35(42)16-31)34-14-28(19-45-40(34)43)27-3-6-38(39(15-27)50-2)54-24-32-23-52-11-12-53-32/h3-6,14-16,18-19,21-22,26,32H,7-13,17,20,23-24H2,1-2H3,(H2,43,45)(H,46,49)/t32-/m0/s1. The average molecular weight is 738 g/mol. The number of nitrogen functional groups attached to an aromatic ring is 1. The van der Waals surface area contributed by atoms with E-state index in [-0.39, 0.29) is 47.7 Å². The second-order valence-electron chi connectivity index (χ2n) is 13.8. The van der Waals surface area contributed by atoms with Crippen LogP contribution in [0.4, 0.5) is 15.9 Å². The average Bonchev–Trinajstić information content (AvgIpc) is 3.19. The Morgan fingerprint density at radius 1 is 1.00 bits per heavy atom. The molecule has 0 aliphatic carbocycles. The summed E-state index contributed by atoms with van der Waals surface area (Å²) >= 11 is 0. The van der Waals surface area contributed by atoms with Gasteiger partial charge < -0.3 is 39.6 Å². The van der Waals surface area contributed by atoms with E-state index in [1.54, 1.807) is 50.7 Å². The molecule has 1 atom stereocenters. The summed E-state index contributed by atoms with van der Waals surface area (Å²) in [5, 5.41) is 2.87. The highest BCUT2D eigenvalue weighted by Gasteiger charge is 2.26. The number of anilines is 2. The van der Waals surface area contributed by atoms with Crippen molar-refractivity contribution < 1.29 is 37.7 Å². The Morgan fingerprint density at radius 2 is 1.85 bits per heavy atom. The zero-order valence-electron chi connectivity index (χ0n) is 30.4. The number of aromatic nitrogens is 1. The first kappa shape index (κ1) is 37.0. The summed E-state index contributed by atoms with van der Waals surface area (Å²) < 4.78 is 44.1. The van der Waals surface area contributed by atoms with E-state index in [0.717, 1.165) is 24.0 Å². The summed E-state index contributed by atoms with van der Waals surface area (Å²) in [5.41, 5.74) is 11.2. The number of methoxy groups -OCH3 is 1. The molecule has 5 heterocycles. The van der Waals surface area contributed by atoms with E-state index < -0.39 is 5.82 Å². The van der Waals surface area contributed by atoms with Gasteiger partial charge in [-0.2, -0.15) is 0 Å². The van der Waals surface area contributed by atoms with E-state index in [1.807, 2.05) is 29.4 Å². The first-order valence-corrected chi connectivity index (χ1v) is 18.1. The van der Waals surface area contributed by atoms with Crippen molar-refractivity contribution in [3.63, 3.8) is 0 Å². The number of halogens is 1. The second-order valence-corrected chi connectivity index (χ2v) is 13.8. The number of nitrogens with one attached hydrogen (secondary N) is 1. The highest BCUT2D eigenvalue weighted by Crippen LogP contribution is 2.37. The number of nitrogens with zero attached hydrogens (tertiary/aromatic N) is 3. The number of hydrogen-bond donors (Lipinski definition) is 2. The normalized spacial score (nSPS) is 19.4. The van der Waals surface area contributed by atoms with Crippen LogP contribution in [-0.2, 0) is 23.8 Å². The summed E-state index contributed by atoms with van der Waals surface area (Å²) in [6.07, 6.45) is 9.16. The Kier molecular flexibility index (Phi) is 11.5. The van der Waals surface area contributed by atoms with Crippen LogP contribution in [0.3, 0.4) is 0 Å². The lowest BCUT2D eigenvalue weighted by Crippen LogP contribution is -2.33. The van der Waals surface area contributed by atoms with Crippen molar-refractivity contribution in [2.75, 3.05) is 64.3 Å². The zero-order valence-corrected chi connectivity index (χ0v) is 30.4. The monoisotopic (exact) mass is 737 g/mol. The predicted octanol–water partition coefficient (Wildman–Crippen LogP) is 6.10. The number of nitrogens with two attached hydrogens (primary N) is 1. The number of pyridine rings is 1. The van der Waals surface area contributed by atoms with Gasteiger partial charge in [-0.05, 0) is 73.2 Å². The molecule has 54 heavy (non-hydrogen) atoms. The minimum Gasteiger partial charge on any atom is -0.493 e. The fourth-order valence-corrected chi connectivity index (χ4v) is 6.82. The van der Waals surface area contributed by atoms with Crippen LogP contribution in [0.5, 0.6) is 11.5 Å². The number of Topliss-reactive ketones (excluding diaryl/α,β-unsaturated/α-hetero) is 1. The molecule has 0 saturated carbocycles. The molecule has 12 nitrogen and oxygen atoms in total. The number of carbonyl (C=O) groups is 2. The van der Waals surface area contributed by atoms with Crippen LogP contribution in [0.15, 0.2) is 89.0 Å². The summed E-state index contributed by atoms with van der Waals surface area (Å²) in [7, 11) is 1.56. The lowest BCUT2D eigenvalue weighted by Gasteiger charge is -2.31. The number of ketones is 1. The molecule has 7 rings (SSSR count). The number of aliphatic imine (C=N–C) groups is 1. The molecule has 4 aliphatic heterocycles. The number of hydrogen-bond acceptors (Lipinski definition) is 11. The molecule has 0 spiro atoms. The van der Waals surface area contributed by atoms with Crippen LogP contribution in [0.25, 0.3) is 22.3 Å². The van der Waals surface area contributed by atoms with Crippen molar-refractivity contribution in [1.82, 2.24) is 9.88 Å². The van der Waals surface area contributed by atoms with E-state index in [2.05, 4.69) is 15.3 Å². The summed E-state index contributed by atoms with van der Waals surface area (Å²) in [4.78, 5) is 37.1. The Hall–Kier alpha value is -5.37. The highest BCUT2D eigenvalue weighted by atomic mass is 19.1. The maximum Gasteiger partial charge on any atom is 0.253 e. The minimum atomic E-state index is -0.578. The summed E-state index contributed by atoms with van der Waals surface area (Å²) in [6, 6.07) is 11.7. The Labute approximate surface area is 313 Å². The Morgan fingerprint density at radius 3 is 2.61 bits per heavy atom. The van der Waals surface area contributed by atoms with E-state index in [1.165, 1.54) is 6.07 Å². The fourth-order valence-electron chi connectivity index (χ4n) is 6.82. The van der Waals surface area contributed by atoms with Gasteiger partial charge in [0.15, 0.2) is 17.3 Å². The number of benzene rings is 2. The molecular formula is C41H44FN5O7. The van der Waals surface area contributed by atoms with Crippen molar-refractivity contribution >= 4 is 28.9 Å². The third kappa shape index (κ3) is 8.70. The number of carbonyl (C=O) groups excluding carboxylic acids is 2. The van der Waals surface area contributed by atoms with E-state index in [4.69, 9.17) is 29.4 Å². The van der Waals surface area contributed by atoms with Gasteiger partial charge in [-0.3, -0.25) is 14.6 Å². The molecule has 3 aromatic rings. The first-order valence-electron chi connectivity index (χ1n) is 18.1. The maximum absolute atomic E-state index is 15.9. The van der Waals surface area contributed by atoms with Crippen molar-refractivity contribution in [2.24, 2.45) is 10.9 Å². The summed E-state index contributed by atoms with van der Waals surface area (Å²) in [6.45, 7) is 5.75. The van der Waals surface area contributed by atoms with Gasteiger partial charge in [-0.1, -0.05) is 6.07 Å². The van der Waals surface area contributed by atoms with E-state index >= 15 is 4.39 Å². The fraction of sp³-hybridized carbons (Fsp3) is 0.366. The molecule has 0 bridgehead atoms. The molecule has 2 saturated heterocycles. The molecule has 13 heteroatoms. The lowest BCUT2D eigenvalue weighted by molar-refractivity contribution is -0.114. The van der Waals surface area contributed by atoms with Crippen LogP contribution in [0, 0.1) is 11.7 Å². The maximum atomic E-state index is 15.9. The van der Waals surface area contributed by atoms with Crippen molar-refractivity contribution in [3.05, 3.63) is 89.8 Å². The SMILES string of the molecule is COc1cc(-c2cnc(N)c(-c3ccc(NC(=O)C4=CN(CC5CCOCC5)C=C(C5=NC=C(C)C(=O)C5)C4)cc3F)c2)ccc1OC[C@@H]1COCCO1. The molecule has 2 fully saturated rings. The number of rotatable bonds is 11. The van der Waals surface area contributed by atoms with Gasteiger partial charge in [0.05, 0.1) is 39.1 Å². The quantitative estimate of drug-likeness (QED) is 0.237. The molecule has 0 unspecified atom stereocenters. The molecule has 0 radical (unpaired) electrons. The van der Waals surface area contributed by atoms with Crippen LogP contribution in [0.1, 0.15) is 32.6 Å². The first-order chi connectivity index (χ1) is 26.2. The minimum absolute atomic E-state index is 0.00817. The van der Waals surface area contributed by atoms with Crippen molar-refractivity contribution in [2.45, 2.75) is 38.7 Å². The Bertz CT molecular complexity index is 2030. The number of amides is 1. The Balaban J connectivity index is 1.07. The summed E-state index contributed by atoms with van der Waals surface area (Å²) in [5.74, 6) is 0.676. The lowest BCUT2D eigenvalue weighted by atomic mass is 9.92. The third-order valence-corrected chi connectivity index (χ3v) is 9.92. The van der Waals surface area contributed by atoms with Crippen LogP contribution < -0.4 is 20.5 Å². The molecule has 4 aliphatic rings. The molecule has 1 aromatic heterocycles. The number of allylic oxidation sites excluding steroid dienone is 2. The van der Waals surface area contributed by atoms with Gasteiger partial charge in [0, 0.05) is 84.5 Å². The van der Waals surface area contributed by atoms with Crippen LogP contribution in [0.2, 0.25) is 0 Å². The van der Waals surface area contributed by atoms with Crippen molar-refractivity contribution in [3.8, 4) is 33.8 Å². The molecular weight excluding hydrogens is 693 g/mol. The topological polar surface area (TPSA) is 147 Å². The molecule has 282 valence electrons. The number of ether oxygens (including phenoxy) is 5. The molecule has 1 amide bonds. The van der Waals surface area contributed by atoms with Gasteiger partial charge in [0.1, 0.15) is 24.3 Å². The smallest absolute Gasteiger partial charge is 0.253 e. The van der Waals surface area contributed by atoms with Gasteiger partial charge in [0.25, 0.3) is 5.91 Å². The molecule has 3 N–H and O–H groups in total. The van der Waals surface area contributed by atoms with E-state index in [0.29, 0.717) is 91.6 Å². The van der Waals surface area contributed by atoms with Gasteiger partial charge in [0.2, 0.25) is 0 Å².